The molecule has 1 atom stereocenters. The first-order chi connectivity index (χ1) is 9.31. The van der Waals surface area contributed by atoms with Gasteiger partial charge < -0.3 is 5.73 Å². The molecule has 1 aromatic heterocycles. The predicted octanol–water partition coefficient (Wildman–Crippen LogP) is 4.37. The fraction of sp³-hybridized carbons (Fsp3) is 0.353. The molecule has 2 aromatic rings. The summed E-state index contributed by atoms with van der Waals surface area (Å²) in [7, 11) is 0. The van der Waals surface area contributed by atoms with Crippen molar-refractivity contribution in [2.24, 2.45) is 5.73 Å². The molecule has 19 heavy (non-hydrogen) atoms. The Kier molecular flexibility index (Phi) is 5.10. The summed E-state index contributed by atoms with van der Waals surface area (Å²) in [5.41, 5.74) is 8.50. The van der Waals surface area contributed by atoms with Gasteiger partial charge in [-0.05, 0) is 43.0 Å². The molecular formula is C17H22N2. The largest absolute Gasteiger partial charge is 0.324 e. The number of hydrogen-bond donors (Lipinski definition) is 1. The zero-order valence-electron chi connectivity index (χ0n) is 11.4. The Bertz CT molecular complexity index is 534. The highest BCUT2D eigenvalue weighted by atomic mass is 14.6. The van der Waals surface area contributed by atoms with Gasteiger partial charge in [-0.2, -0.15) is 0 Å². The molecule has 0 spiro atoms. The van der Waals surface area contributed by atoms with Crippen LogP contribution in [0.2, 0.25) is 0 Å². The van der Waals surface area contributed by atoms with Gasteiger partial charge in [-0.3, -0.25) is 4.98 Å². The van der Waals surface area contributed by atoms with E-state index in [1.165, 1.54) is 30.2 Å². The van der Waals surface area contributed by atoms with Crippen LogP contribution in [-0.2, 0) is 0 Å². The van der Waals surface area contributed by atoms with Gasteiger partial charge >= 0.3 is 0 Å². The summed E-state index contributed by atoms with van der Waals surface area (Å²) in [6.45, 7) is 3.74. The average molecular weight is 254 g/mol. The summed E-state index contributed by atoms with van der Waals surface area (Å²) >= 11 is 0. The molecular weight excluding hydrogens is 232 g/mol. The normalized spacial score (nSPS) is 12.5. The lowest BCUT2D eigenvalue weighted by molar-refractivity contribution is 0.573. The molecule has 1 heterocycles. The molecule has 0 radical (unpaired) electrons. The van der Waals surface area contributed by atoms with Crippen molar-refractivity contribution in [2.75, 3.05) is 0 Å². The van der Waals surface area contributed by atoms with Gasteiger partial charge in [-0.15, -0.1) is 6.58 Å². The maximum absolute atomic E-state index is 6.26. The molecule has 0 fully saturated rings. The second-order valence-electron chi connectivity index (χ2n) is 4.99. The van der Waals surface area contributed by atoms with E-state index >= 15 is 0 Å². The van der Waals surface area contributed by atoms with Gasteiger partial charge in [0.2, 0.25) is 0 Å². The highest BCUT2D eigenvalue weighted by molar-refractivity contribution is 5.79. The van der Waals surface area contributed by atoms with Crippen LogP contribution in [0.25, 0.3) is 10.9 Å². The lowest BCUT2D eigenvalue weighted by Crippen LogP contribution is -2.10. The third kappa shape index (κ3) is 3.90. The van der Waals surface area contributed by atoms with E-state index in [0.717, 1.165) is 18.4 Å². The van der Waals surface area contributed by atoms with Crippen LogP contribution in [0.3, 0.4) is 0 Å². The van der Waals surface area contributed by atoms with Crippen LogP contribution in [0.5, 0.6) is 0 Å². The van der Waals surface area contributed by atoms with Gasteiger partial charge in [0, 0.05) is 17.6 Å². The van der Waals surface area contributed by atoms with Gasteiger partial charge in [0.15, 0.2) is 0 Å². The second kappa shape index (κ2) is 7.05. The van der Waals surface area contributed by atoms with Crippen LogP contribution in [0.1, 0.15) is 43.7 Å². The van der Waals surface area contributed by atoms with E-state index < -0.39 is 0 Å². The van der Waals surface area contributed by atoms with Crippen LogP contribution < -0.4 is 5.73 Å². The number of allylic oxidation sites excluding steroid dienone is 1. The highest BCUT2D eigenvalue weighted by Gasteiger charge is 2.06. The first-order valence-corrected chi connectivity index (χ1v) is 7.02. The quantitative estimate of drug-likeness (QED) is 0.588. The molecule has 0 saturated carbocycles. The van der Waals surface area contributed by atoms with E-state index in [2.05, 4.69) is 35.8 Å². The first-order valence-electron chi connectivity index (χ1n) is 7.02. The summed E-state index contributed by atoms with van der Waals surface area (Å²) in [6.07, 6.45) is 9.59. The van der Waals surface area contributed by atoms with Gasteiger partial charge in [0.05, 0.1) is 5.52 Å². The number of benzene rings is 1. The summed E-state index contributed by atoms with van der Waals surface area (Å²) in [4.78, 5) is 4.33. The number of hydrogen-bond acceptors (Lipinski definition) is 2. The topological polar surface area (TPSA) is 38.9 Å². The number of nitrogens with zero attached hydrogens (tertiary/aromatic N) is 1. The van der Waals surface area contributed by atoms with Crippen LogP contribution >= 0.6 is 0 Å². The Labute approximate surface area is 115 Å². The van der Waals surface area contributed by atoms with E-state index in [1.807, 2.05) is 18.3 Å². The smallest absolute Gasteiger partial charge is 0.0702 e. The van der Waals surface area contributed by atoms with Crippen molar-refractivity contribution in [1.82, 2.24) is 4.98 Å². The fourth-order valence-electron chi connectivity index (χ4n) is 2.32. The maximum Gasteiger partial charge on any atom is 0.0702 e. The Morgan fingerprint density at radius 3 is 2.95 bits per heavy atom. The monoisotopic (exact) mass is 254 g/mol. The van der Waals surface area contributed by atoms with Crippen molar-refractivity contribution < 1.29 is 0 Å². The SMILES string of the molecule is C=CCCCCCC(N)c1ccc2ncccc2c1. The number of aromatic nitrogens is 1. The van der Waals surface area contributed by atoms with Crippen LogP contribution in [0, 0.1) is 0 Å². The first kappa shape index (κ1) is 13.8. The average Bonchev–Trinajstić information content (AvgIpc) is 2.46. The maximum atomic E-state index is 6.26. The molecule has 1 unspecified atom stereocenters. The van der Waals surface area contributed by atoms with E-state index in [4.69, 9.17) is 5.73 Å². The van der Waals surface area contributed by atoms with Gasteiger partial charge in [0.1, 0.15) is 0 Å². The minimum absolute atomic E-state index is 0.133. The van der Waals surface area contributed by atoms with Crippen LogP contribution in [0.15, 0.2) is 49.2 Å². The fourth-order valence-corrected chi connectivity index (χ4v) is 2.32. The lowest BCUT2D eigenvalue weighted by Gasteiger charge is -2.12. The number of nitrogens with two attached hydrogens (primary N) is 1. The van der Waals surface area contributed by atoms with Gasteiger partial charge in [0.25, 0.3) is 0 Å². The number of rotatable bonds is 7. The molecule has 100 valence electrons. The molecule has 0 amide bonds. The Balaban J connectivity index is 1.93. The Hall–Kier alpha value is -1.67. The molecule has 0 saturated heterocycles. The molecule has 0 aliphatic rings. The molecule has 0 aliphatic carbocycles. The number of pyridine rings is 1. The third-order valence-electron chi connectivity index (χ3n) is 3.48. The molecule has 2 N–H and O–H groups in total. The van der Waals surface area contributed by atoms with Crippen molar-refractivity contribution in [3.8, 4) is 0 Å². The minimum atomic E-state index is 0.133. The molecule has 2 heteroatoms. The third-order valence-corrected chi connectivity index (χ3v) is 3.48. The second-order valence-corrected chi connectivity index (χ2v) is 4.99. The summed E-state index contributed by atoms with van der Waals surface area (Å²) in [5.74, 6) is 0. The zero-order valence-corrected chi connectivity index (χ0v) is 11.4. The molecule has 0 bridgehead atoms. The standard InChI is InChI=1S/C17H22N2/c1-2-3-4-5-6-9-16(18)14-10-11-17-15(13-14)8-7-12-19-17/h2,7-8,10-13,16H,1,3-6,9,18H2. The van der Waals surface area contributed by atoms with E-state index in [9.17, 15) is 0 Å². The molecule has 1 aromatic carbocycles. The van der Waals surface area contributed by atoms with Crippen molar-refractivity contribution in [3.63, 3.8) is 0 Å². The predicted molar refractivity (Wildman–Crippen MR) is 82.0 cm³/mol. The summed E-state index contributed by atoms with van der Waals surface area (Å²) in [5, 5.41) is 1.17. The summed E-state index contributed by atoms with van der Waals surface area (Å²) in [6, 6.07) is 10.5. The zero-order chi connectivity index (χ0) is 13.5. The van der Waals surface area contributed by atoms with Crippen molar-refractivity contribution in [3.05, 3.63) is 54.7 Å². The molecule has 0 aliphatic heterocycles. The van der Waals surface area contributed by atoms with E-state index in [1.54, 1.807) is 0 Å². The Morgan fingerprint density at radius 2 is 2.11 bits per heavy atom. The van der Waals surface area contributed by atoms with Crippen molar-refractivity contribution in [1.29, 1.82) is 0 Å². The van der Waals surface area contributed by atoms with E-state index in [-0.39, 0.29) is 6.04 Å². The number of fused-ring (bicyclic) bond motifs is 1. The Morgan fingerprint density at radius 1 is 1.21 bits per heavy atom. The molecule has 2 nitrogen and oxygen atoms in total. The lowest BCUT2D eigenvalue weighted by atomic mass is 9.99. The summed E-state index contributed by atoms with van der Waals surface area (Å²) < 4.78 is 0. The molecule has 2 rings (SSSR count). The minimum Gasteiger partial charge on any atom is -0.324 e. The highest BCUT2D eigenvalue weighted by Crippen LogP contribution is 2.21. The number of unbranched alkanes of at least 4 members (excludes halogenated alkanes) is 3. The van der Waals surface area contributed by atoms with Crippen molar-refractivity contribution >= 4 is 10.9 Å². The van der Waals surface area contributed by atoms with Gasteiger partial charge in [-0.25, -0.2) is 0 Å². The van der Waals surface area contributed by atoms with Crippen LogP contribution in [0.4, 0.5) is 0 Å². The van der Waals surface area contributed by atoms with Gasteiger partial charge in [-0.1, -0.05) is 31.1 Å². The van der Waals surface area contributed by atoms with Crippen LogP contribution in [-0.4, -0.2) is 4.98 Å². The van der Waals surface area contributed by atoms with E-state index in [0.29, 0.717) is 0 Å². The van der Waals surface area contributed by atoms with Crippen molar-refractivity contribution in [2.45, 2.75) is 38.1 Å².